The molecular weight excluding hydrogens is 340 g/mol. The number of halogens is 1. The van der Waals surface area contributed by atoms with E-state index in [1.165, 1.54) is 68.1 Å². The monoisotopic (exact) mass is 380 g/mol. The van der Waals surface area contributed by atoms with Crippen molar-refractivity contribution < 1.29 is 0 Å². The predicted octanol–water partition coefficient (Wildman–Crippen LogP) is 8.62. The van der Waals surface area contributed by atoms with Gasteiger partial charge in [-0.25, -0.2) is 0 Å². The molecule has 0 aromatic rings. The summed E-state index contributed by atoms with van der Waals surface area (Å²) in [5, 5.41) is 0. The third kappa shape index (κ3) is 14.3. The minimum atomic E-state index is -1.57. The van der Waals surface area contributed by atoms with Crippen molar-refractivity contribution in [1.29, 1.82) is 0 Å². The molecule has 0 aliphatic heterocycles. The average molecular weight is 381 g/mol. The van der Waals surface area contributed by atoms with E-state index in [1.807, 2.05) is 0 Å². The van der Waals surface area contributed by atoms with Gasteiger partial charge in [-0.15, -0.1) is 31.3 Å². The van der Waals surface area contributed by atoms with Crippen LogP contribution < -0.4 is 0 Å². The van der Waals surface area contributed by atoms with Gasteiger partial charge in [-0.2, -0.15) is 0 Å². The summed E-state index contributed by atoms with van der Waals surface area (Å²) in [6, 6.07) is 3.47. The summed E-state index contributed by atoms with van der Waals surface area (Å²) in [6.07, 6.45) is 12.8. The standard InChI is InChI=1S/C23H41ClSi/c1-21(2)18-25(19-22(3)4,20-23(5)6)17-15-13-11-9-7-8-10-12-14-16-24/h15,17H,1,3,5,7-14,16,18-20H2,2,4,6H3. The van der Waals surface area contributed by atoms with Crippen LogP contribution in [0.5, 0.6) is 0 Å². The van der Waals surface area contributed by atoms with Crippen molar-refractivity contribution in [1.82, 2.24) is 0 Å². The number of allylic oxidation sites excluding steroid dienone is 4. The Kier molecular flexibility index (Phi) is 14.3. The van der Waals surface area contributed by atoms with E-state index in [1.54, 1.807) is 0 Å². The van der Waals surface area contributed by atoms with Crippen molar-refractivity contribution in [3.8, 4) is 0 Å². The van der Waals surface area contributed by atoms with Crippen LogP contribution in [-0.2, 0) is 0 Å². The first-order valence-electron chi connectivity index (χ1n) is 9.98. The molecule has 0 aromatic heterocycles. The minimum absolute atomic E-state index is 0.814. The van der Waals surface area contributed by atoms with Gasteiger partial charge in [0.1, 0.15) is 0 Å². The molecule has 0 unspecified atom stereocenters. The van der Waals surface area contributed by atoms with Gasteiger partial charge in [0.2, 0.25) is 0 Å². The molecular formula is C23H41ClSi. The maximum absolute atomic E-state index is 5.71. The second-order valence-corrected chi connectivity index (χ2v) is 12.6. The van der Waals surface area contributed by atoms with Gasteiger partial charge >= 0.3 is 0 Å². The van der Waals surface area contributed by atoms with Crippen LogP contribution in [0.2, 0.25) is 18.1 Å². The topological polar surface area (TPSA) is 0 Å². The summed E-state index contributed by atoms with van der Waals surface area (Å²) in [7, 11) is -1.57. The maximum Gasteiger partial charge on any atom is 0.0892 e. The molecule has 0 amide bonds. The second kappa shape index (κ2) is 14.6. The zero-order valence-electron chi connectivity index (χ0n) is 17.1. The minimum Gasteiger partial charge on any atom is -0.127 e. The number of alkyl halides is 1. The molecule has 0 aromatic carbocycles. The van der Waals surface area contributed by atoms with Gasteiger partial charge in [0.15, 0.2) is 0 Å². The van der Waals surface area contributed by atoms with Crippen LogP contribution in [0.3, 0.4) is 0 Å². The zero-order chi connectivity index (χ0) is 19.1. The Morgan fingerprint density at radius 2 is 1.12 bits per heavy atom. The maximum atomic E-state index is 5.71. The van der Waals surface area contributed by atoms with Crippen molar-refractivity contribution in [3.05, 3.63) is 48.2 Å². The third-order valence-corrected chi connectivity index (χ3v) is 9.57. The molecule has 0 heterocycles. The van der Waals surface area contributed by atoms with E-state index in [9.17, 15) is 0 Å². The van der Waals surface area contributed by atoms with Crippen LogP contribution in [0.15, 0.2) is 48.2 Å². The summed E-state index contributed by atoms with van der Waals surface area (Å²) < 4.78 is 0. The van der Waals surface area contributed by atoms with Crippen molar-refractivity contribution in [2.24, 2.45) is 0 Å². The highest BCUT2D eigenvalue weighted by atomic mass is 35.5. The summed E-state index contributed by atoms with van der Waals surface area (Å²) in [6.45, 7) is 19.1. The smallest absolute Gasteiger partial charge is 0.0892 e. The molecule has 0 fully saturated rings. The van der Waals surface area contributed by atoms with Gasteiger partial charge in [-0.1, -0.05) is 60.6 Å². The predicted molar refractivity (Wildman–Crippen MR) is 121 cm³/mol. The lowest BCUT2D eigenvalue weighted by Gasteiger charge is -2.30. The van der Waals surface area contributed by atoms with Crippen molar-refractivity contribution >= 4 is 19.7 Å². The molecule has 0 aliphatic rings. The van der Waals surface area contributed by atoms with Gasteiger partial charge in [-0.3, -0.25) is 0 Å². The van der Waals surface area contributed by atoms with Crippen molar-refractivity contribution in [3.63, 3.8) is 0 Å². The number of rotatable bonds is 16. The fourth-order valence-corrected chi connectivity index (χ4v) is 8.93. The summed E-state index contributed by atoms with van der Waals surface area (Å²) in [4.78, 5) is 0. The lowest BCUT2D eigenvalue weighted by atomic mass is 10.1. The highest BCUT2D eigenvalue weighted by molar-refractivity contribution is 6.86. The largest absolute Gasteiger partial charge is 0.127 e. The molecule has 2 heteroatoms. The summed E-state index contributed by atoms with van der Waals surface area (Å²) in [5.41, 5.74) is 6.48. The van der Waals surface area contributed by atoms with Crippen molar-refractivity contribution in [2.45, 2.75) is 90.3 Å². The van der Waals surface area contributed by atoms with Crippen LogP contribution in [0.25, 0.3) is 0 Å². The molecule has 0 aliphatic carbocycles. The van der Waals surface area contributed by atoms with Gasteiger partial charge in [0, 0.05) is 5.88 Å². The Balaban J connectivity index is 4.42. The summed E-state index contributed by atoms with van der Waals surface area (Å²) >= 11 is 5.71. The zero-order valence-corrected chi connectivity index (χ0v) is 18.9. The molecule has 0 rings (SSSR count). The van der Waals surface area contributed by atoms with Gasteiger partial charge in [0.25, 0.3) is 0 Å². The first-order valence-corrected chi connectivity index (χ1v) is 13.2. The second-order valence-electron chi connectivity index (χ2n) is 8.12. The van der Waals surface area contributed by atoms with E-state index < -0.39 is 8.07 Å². The SMILES string of the molecule is C=C(C)C[Si](C=CCCCCCCCCCCl)(CC(=C)C)CC(=C)C. The van der Waals surface area contributed by atoms with E-state index in [0.717, 1.165) is 24.0 Å². The molecule has 0 saturated heterocycles. The molecule has 0 atom stereocenters. The number of hydrogen-bond acceptors (Lipinski definition) is 0. The highest BCUT2D eigenvalue weighted by Gasteiger charge is 2.29. The lowest BCUT2D eigenvalue weighted by Crippen LogP contribution is -2.32. The summed E-state index contributed by atoms with van der Waals surface area (Å²) in [5.74, 6) is 0.814. The van der Waals surface area contributed by atoms with Gasteiger partial charge in [-0.05, 0) is 58.2 Å². The molecule has 0 radical (unpaired) electrons. The van der Waals surface area contributed by atoms with Crippen LogP contribution in [0, 0.1) is 0 Å². The number of unbranched alkanes of at least 4 members (excludes halogenated alkanes) is 7. The first-order chi connectivity index (χ1) is 11.8. The fourth-order valence-electron chi connectivity index (χ4n) is 3.74. The number of hydrogen-bond donors (Lipinski definition) is 0. The quantitative estimate of drug-likeness (QED) is 0.109. The molecule has 25 heavy (non-hydrogen) atoms. The Morgan fingerprint density at radius 3 is 1.52 bits per heavy atom. The van der Waals surface area contributed by atoms with Crippen LogP contribution in [-0.4, -0.2) is 14.0 Å². The third-order valence-electron chi connectivity index (χ3n) is 4.44. The van der Waals surface area contributed by atoms with E-state index in [0.29, 0.717) is 0 Å². The molecule has 0 saturated carbocycles. The van der Waals surface area contributed by atoms with E-state index in [4.69, 9.17) is 11.6 Å². The van der Waals surface area contributed by atoms with Crippen LogP contribution >= 0.6 is 11.6 Å². The fraction of sp³-hybridized carbons (Fsp3) is 0.652. The molecule has 0 bridgehead atoms. The Bertz CT molecular complexity index is 393. The lowest BCUT2D eigenvalue weighted by molar-refractivity contribution is 0.593. The normalized spacial score (nSPS) is 11.8. The molecule has 0 nitrogen and oxygen atoms in total. The van der Waals surface area contributed by atoms with Crippen LogP contribution in [0.1, 0.15) is 72.1 Å². The molecule has 144 valence electrons. The first kappa shape index (κ1) is 24.5. The average Bonchev–Trinajstić information content (AvgIpc) is 2.47. The Labute approximate surface area is 164 Å². The highest BCUT2D eigenvalue weighted by Crippen LogP contribution is 2.32. The Morgan fingerprint density at radius 1 is 0.720 bits per heavy atom. The van der Waals surface area contributed by atoms with Gasteiger partial charge < -0.3 is 0 Å². The van der Waals surface area contributed by atoms with Crippen LogP contribution in [0.4, 0.5) is 0 Å². The molecule has 0 spiro atoms. The van der Waals surface area contributed by atoms with E-state index >= 15 is 0 Å². The Hall–Kier alpha value is -0.533. The van der Waals surface area contributed by atoms with Gasteiger partial charge in [0.05, 0.1) is 8.07 Å². The van der Waals surface area contributed by atoms with E-state index in [2.05, 4.69) is 52.3 Å². The van der Waals surface area contributed by atoms with E-state index in [-0.39, 0.29) is 0 Å². The molecule has 0 N–H and O–H groups in total. The van der Waals surface area contributed by atoms with Crippen molar-refractivity contribution in [2.75, 3.05) is 5.88 Å².